The molecule has 1 fully saturated rings. The zero-order chi connectivity index (χ0) is 20.8. The lowest BCUT2D eigenvalue weighted by molar-refractivity contribution is -0.117. The smallest absolute Gasteiger partial charge is 0.338 e. The number of carbonyl (C=O) groups is 3. The lowest BCUT2D eigenvalue weighted by atomic mass is 10.2. The van der Waals surface area contributed by atoms with Crippen LogP contribution in [0.2, 0.25) is 0 Å². The number of hydrogen-bond acceptors (Lipinski definition) is 5. The van der Waals surface area contributed by atoms with Crippen LogP contribution in [0.25, 0.3) is 0 Å². The molecule has 0 aliphatic heterocycles. The standard InChI is InChI=1S/C22H24N2O4S/c1-3-28-22(27)16-6-8-17(9-7-16)23-20(25)14(2)29-19-12-10-18(11-13-19)24-21(26)15-4-5-15/h6-15H,3-5H2,1-2H3,(H,23,25)(H,24,26). The van der Waals surface area contributed by atoms with Crippen LogP contribution in [0, 0.1) is 5.92 Å². The molecule has 0 spiro atoms. The minimum atomic E-state index is -0.383. The van der Waals surface area contributed by atoms with Gasteiger partial charge in [0.1, 0.15) is 0 Å². The predicted molar refractivity (Wildman–Crippen MR) is 114 cm³/mol. The first-order valence-corrected chi connectivity index (χ1v) is 10.5. The number of ether oxygens (including phenoxy) is 1. The molecule has 0 aromatic heterocycles. The summed E-state index contributed by atoms with van der Waals surface area (Å²) in [7, 11) is 0. The molecule has 3 rings (SSSR count). The first-order chi connectivity index (χ1) is 14.0. The Kier molecular flexibility index (Phi) is 6.93. The number of anilines is 2. The Morgan fingerprint density at radius 3 is 2.17 bits per heavy atom. The van der Waals surface area contributed by atoms with E-state index < -0.39 is 0 Å². The summed E-state index contributed by atoms with van der Waals surface area (Å²) >= 11 is 1.43. The van der Waals surface area contributed by atoms with Crippen LogP contribution in [0.1, 0.15) is 37.0 Å². The summed E-state index contributed by atoms with van der Waals surface area (Å²) in [6.07, 6.45) is 1.94. The Hall–Kier alpha value is -2.80. The maximum absolute atomic E-state index is 12.5. The van der Waals surface area contributed by atoms with Crippen molar-refractivity contribution < 1.29 is 19.1 Å². The molecule has 7 heteroatoms. The topological polar surface area (TPSA) is 84.5 Å². The summed E-state index contributed by atoms with van der Waals surface area (Å²) in [5, 5.41) is 5.43. The maximum Gasteiger partial charge on any atom is 0.338 e. The molecule has 1 aliphatic carbocycles. The molecule has 0 heterocycles. The van der Waals surface area contributed by atoms with E-state index in [1.165, 1.54) is 11.8 Å². The summed E-state index contributed by atoms with van der Waals surface area (Å²) < 4.78 is 4.94. The molecule has 0 saturated heterocycles. The molecule has 2 amide bonds. The van der Waals surface area contributed by atoms with Gasteiger partial charge in [0.2, 0.25) is 11.8 Å². The van der Waals surface area contributed by atoms with Gasteiger partial charge >= 0.3 is 5.97 Å². The molecular weight excluding hydrogens is 388 g/mol. The van der Waals surface area contributed by atoms with E-state index in [9.17, 15) is 14.4 Å². The van der Waals surface area contributed by atoms with Crippen LogP contribution in [0.5, 0.6) is 0 Å². The van der Waals surface area contributed by atoms with Crippen molar-refractivity contribution in [1.82, 2.24) is 0 Å². The van der Waals surface area contributed by atoms with Crippen LogP contribution >= 0.6 is 11.8 Å². The second-order valence-corrected chi connectivity index (χ2v) is 8.25. The van der Waals surface area contributed by atoms with E-state index in [2.05, 4.69) is 10.6 Å². The van der Waals surface area contributed by atoms with Crippen LogP contribution in [0.15, 0.2) is 53.4 Å². The van der Waals surface area contributed by atoms with Gasteiger partial charge < -0.3 is 15.4 Å². The summed E-state index contributed by atoms with van der Waals surface area (Å²) in [5.74, 6) is -0.276. The summed E-state index contributed by atoms with van der Waals surface area (Å²) in [4.78, 5) is 36.9. The highest BCUT2D eigenvalue weighted by molar-refractivity contribution is 8.00. The number of benzene rings is 2. The number of amides is 2. The van der Waals surface area contributed by atoms with Crippen molar-refractivity contribution in [3.05, 3.63) is 54.1 Å². The predicted octanol–water partition coefficient (Wildman–Crippen LogP) is 4.33. The van der Waals surface area contributed by atoms with E-state index in [-0.39, 0.29) is 29.0 Å². The van der Waals surface area contributed by atoms with E-state index in [4.69, 9.17) is 4.74 Å². The number of hydrogen-bond donors (Lipinski definition) is 2. The van der Waals surface area contributed by atoms with Gasteiger partial charge in [0.25, 0.3) is 0 Å². The normalized spacial score (nSPS) is 14.0. The Balaban J connectivity index is 1.50. The minimum Gasteiger partial charge on any atom is -0.462 e. The van der Waals surface area contributed by atoms with E-state index in [1.54, 1.807) is 31.2 Å². The van der Waals surface area contributed by atoms with E-state index in [0.717, 1.165) is 23.4 Å². The fourth-order valence-corrected chi connectivity index (χ4v) is 3.48. The highest BCUT2D eigenvalue weighted by atomic mass is 32.2. The highest BCUT2D eigenvalue weighted by Crippen LogP contribution is 2.31. The van der Waals surface area contributed by atoms with Crippen LogP contribution in [0.4, 0.5) is 11.4 Å². The van der Waals surface area contributed by atoms with Gasteiger partial charge in [0.15, 0.2) is 0 Å². The Labute approximate surface area is 174 Å². The van der Waals surface area contributed by atoms with Gasteiger partial charge in [-0.15, -0.1) is 11.8 Å². The average molecular weight is 413 g/mol. The van der Waals surface area contributed by atoms with Crippen LogP contribution < -0.4 is 10.6 Å². The fraction of sp³-hybridized carbons (Fsp3) is 0.318. The molecular formula is C22H24N2O4S. The molecule has 1 atom stereocenters. The van der Waals surface area contributed by atoms with Crippen molar-refractivity contribution in [1.29, 1.82) is 0 Å². The maximum atomic E-state index is 12.5. The van der Waals surface area contributed by atoms with E-state index >= 15 is 0 Å². The minimum absolute atomic E-state index is 0.0760. The van der Waals surface area contributed by atoms with E-state index in [1.807, 2.05) is 31.2 Å². The Morgan fingerprint density at radius 2 is 1.59 bits per heavy atom. The van der Waals surface area contributed by atoms with Crippen molar-refractivity contribution >= 4 is 40.9 Å². The quantitative estimate of drug-likeness (QED) is 0.498. The first-order valence-electron chi connectivity index (χ1n) is 9.62. The largest absolute Gasteiger partial charge is 0.462 e. The SMILES string of the molecule is CCOC(=O)c1ccc(NC(=O)C(C)Sc2ccc(NC(=O)C3CC3)cc2)cc1. The fourth-order valence-electron chi connectivity index (χ4n) is 2.61. The van der Waals surface area contributed by atoms with Crippen LogP contribution in [-0.4, -0.2) is 29.6 Å². The number of carbonyl (C=O) groups excluding carboxylic acids is 3. The molecule has 0 bridgehead atoms. The van der Waals surface area contributed by atoms with Gasteiger partial charge in [-0.1, -0.05) is 0 Å². The number of rotatable bonds is 8. The molecule has 2 N–H and O–H groups in total. The third kappa shape index (κ3) is 6.09. The third-order valence-corrected chi connectivity index (χ3v) is 5.53. The zero-order valence-electron chi connectivity index (χ0n) is 16.4. The zero-order valence-corrected chi connectivity index (χ0v) is 17.3. The number of nitrogens with one attached hydrogen (secondary N) is 2. The van der Waals surface area contributed by atoms with Crippen LogP contribution in [0.3, 0.4) is 0 Å². The third-order valence-electron chi connectivity index (χ3n) is 4.42. The molecule has 2 aromatic rings. The van der Waals surface area contributed by atoms with Gasteiger partial charge in [0, 0.05) is 22.2 Å². The van der Waals surface area contributed by atoms with Crippen LogP contribution in [-0.2, 0) is 14.3 Å². The molecule has 2 aromatic carbocycles. The van der Waals surface area contributed by atoms with Crippen molar-refractivity contribution in [2.24, 2.45) is 5.92 Å². The van der Waals surface area contributed by atoms with Crippen molar-refractivity contribution in [2.45, 2.75) is 36.8 Å². The second-order valence-electron chi connectivity index (χ2n) is 6.84. The van der Waals surface area contributed by atoms with Gasteiger partial charge in [-0.2, -0.15) is 0 Å². The average Bonchev–Trinajstić information content (AvgIpc) is 3.55. The lowest BCUT2D eigenvalue weighted by Crippen LogP contribution is -2.22. The van der Waals surface area contributed by atoms with Gasteiger partial charge in [-0.25, -0.2) is 4.79 Å². The van der Waals surface area contributed by atoms with Crippen molar-refractivity contribution in [3.63, 3.8) is 0 Å². The lowest BCUT2D eigenvalue weighted by Gasteiger charge is -2.13. The molecule has 152 valence electrons. The Morgan fingerprint density at radius 1 is 1.00 bits per heavy atom. The molecule has 1 saturated carbocycles. The second kappa shape index (κ2) is 9.60. The summed E-state index contributed by atoms with van der Waals surface area (Å²) in [6.45, 7) is 3.90. The molecule has 6 nitrogen and oxygen atoms in total. The van der Waals surface area contributed by atoms with Gasteiger partial charge in [0.05, 0.1) is 17.4 Å². The molecule has 0 radical (unpaired) electrons. The van der Waals surface area contributed by atoms with Gasteiger partial charge in [-0.3, -0.25) is 9.59 Å². The summed E-state index contributed by atoms with van der Waals surface area (Å²) in [6, 6.07) is 14.1. The first kappa shape index (κ1) is 20.9. The Bertz CT molecular complexity index is 877. The van der Waals surface area contributed by atoms with Crippen molar-refractivity contribution in [2.75, 3.05) is 17.2 Å². The molecule has 29 heavy (non-hydrogen) atoms. The van der Waals surface area contributed by atoms with E-state index in [0.29, 0.717) is 17.9 Å². The van der Waals surface area contributed by atoms with Gasteiger partial charge in [-0.05, 0) is 75.2 Å². The highest BCUT2D eigenvalue weighted by Gasteiger charge is 2.29. The van der Waals surface area contributed by atoms with Crippen molar-refractivity contribution in [3.8, 4) is 0 Å². The molecule has 1 unspecified atom stereocenters. The monoisotopic (exact) mass is 412 g/mol. The number of esters is 1. The summed E-state index contributed by atoms with van der Waals surface area (Å²) in [5.41, 5.74) is 1.83. The number of thioether (sulfide) groups is 1. The molecule has 1 aliphatic rings.